The summed E-state index contributed by atoms with van der Waals surface area (Å²) < 4.78 is 12.6. The third kappa shape index (κ3) is 4.72. The van der Waals surface area contributed by atoms with Gasteiger partial charge in [-0.25, -0.2) is 0 Å². The second kappa shape index (κ2) is 11.0. The fraction of sp³-hybridized carbons (Fsp3) is 0.957. The van der Waals surface area contributed by atoms with E-state index < -0.39 is 0 Å². The number of carbonyl (C=O) groups excluding carboxylic acids is 2. The van der Waals surface area contributed by atoms with Gasteiger partial charge in [-0.15, -0.1) is 0 Å². The average molecular weight is 689 g/mol. The van der Waals surface area contributed by atoms with Gasteiger partial charge < -0.3 is 9.47 Å². The normalized spacial score (nSPS) is 49.7. The number of rotatable bonds is 8. The molecule has 4 heteroatoms. The van der Waals surface area contributed by atoms with Crippen LogP contribution in [0, 0.1) is 111 Å². The summed E-state index contributed by atoms with van der Waals surface area (Å²) in [5.41, 5.74) is -1.09. The van der Waals surface area contributed by atoms with E-state index in [9.17, 15) is 9.59 Å². The van der Waals surface area contributed by atoms with E-state index >= 15 is 0 Å². The fourth-order valence-electron chi connectivity index (χ4n) is 16.8. The van der Waals surface area contributed by atoms with Crippen molar-refractivity contribution in [2.45, 2.75) is 164 Å². The monoisotopic (exact) mass is 689 g/mol. The highest BCUT2D eigenvalue weighted by Gasteiger charge is 2.71. The molecule has 0 amide bonds. The average Bonchev–Trinajstić information content (AvgIpc) is 3.08. The van der Waals surface area contributed by atoms with Gasteiger partial charge in [0.2, 0.25) is 0 Å². The molecule has 0 N–H and O–H groups in total. The summed E-state index contributed by atoms with van der Waals surface area (Å²) in [5, 5.41) is 0. The van der Waals surface area contributed by atoms with Crippen molar-refractivity contribution in [2.75, 3.05) is 0 Å². The molecule has 14 aliphatic rings. The van der Waals surface area contributed by atoms with Crippen molar-refractivity contribution in [1.29, 1.82) is 0 Å². The molecule has 14 saturated carbocycles. The van der Waals surface area contributed by atoms with Crippen LogP contribution in [0.1, 0.15) is 153 Å². The maximum Gasteiger partial charge on any atom is 0.312 e. The lowest BCUT2D eigenvalue weighted by molar-refractivity contribution is -0.274. The summed E-state index contributed by atoms with van der Waals surface area (Å²) >= 11 is 0. The molecule has 0 radical (unpaired) electrons. The molecule has 0 spiro atoms. The van der Waals surface area contributed by atoms with Crippen LogP contribution in [0.2, 0.25) is 0 Å². The highest BCUT2D eigenvalue weighted by atomic mass is 16.6. The smallest absolute Gasteiger partial charge is 0.312 e. The van der Waals surface area contributed by atoms with Crippen molar-refractivity contribution in [3.63, 3.8) is 0 Å². The van der Waals surface area contributed by atoms with Gasteiger partial charge in [-0.2, -0.15) is 0 Å². The van der Waals surface area contributed by atoms with Crippen molar-refractivity contribution in [2.24, 2.45) is 111 Å². The number of carbonyl (C=O) groups is 2. The van der Waals surface area contributed by atoms with E-state index in [-0.39, 0.29) is 39.4 Å². The van der Waals surface area contributed by atoms with Gasteiger partial charge in [0, 0.05) is 11.3 Å². The van der Waals surface area contributed by atoms with Crippen LogP contribution in [0.5, 0.6) is 0 Å². The summed E-state index contributed by atoms with van der Waals surface area (Å²) in [6.45, 7) is 21.3. The van der Waals surface area contributed by atoms with Crippen LogP contribution in [0.25, 0.3) is 0 Å². The first-order chi connectivity index (χ1) is 23.4. The van der Waals surface area contributed by atoms with Crippen LogP contribution in [0.3, 0.4) is 0 Å². The number of esters is 2. The Morgan fingerprint density at radius 3 is 1.30 bits per heavy atom. The quantitative estimate of drug-likeness (QED) is 0.238. The van der Waals surface area contributed by atoms with E-state index in [1.54, 1.807) is 6.42 Å². The molecule has 5 atom stereocenters. The van der Waals surface area contributed by atoms with Crippen molar-refractivity contribution < 1.29 is 19.1 Å². The molecule has 5 unspecified atom stereocenters. The molecule has 16 bridgehead atoms. The lowest BCUT2D eigenvalue weighted by Crippen LogP contribution is -2.69. The van der Waals surface area contributed by atoms with Gasteiger partial charge in [0.25, 0.3) is 0 Å². The SMILES string of the molecule is CCC(C)(C)C(=O)OC(C)(C)C12CC3C4CC5CC3C(C1)C(C5)C4C2.CCC(C)(C)C(=O)OC(C)(C)C1C2CC3C4CC5CC3C1C(C5)C4C2. The van der Waals surface area contributed by atoms with E-state index in [0.29, 0.717) is 5.92 Å². The maximum atomic E-state index is 12.9. The van der Waals surface area contributed by atoms with Crippen LogP contribution in [0.4, 0.5) is 0 Å². The van der Waals surface area contributed by atoms with Crippen LogP contribution in [-0.2, 0) is 19.1 Å². The summed E-state index contributed by atoms with van der Waals surface area (Å²) in [5.74, 6) is 15.3. The van der Waals surface area contributed by atoms with Gasteiger partial charge in [0.15, 0.2) is 0 Å². The Balaban J connectivity index is 0.000000135. The third-order valence-corrected chi connectivity index (χ3v) is 19.7. The third-order valence-electron chi connectivity index (χ3n) is 19.7. The molecule has 14 aliphatic carbocycles. The predicted octanol–water partition coefficient (Wildman–Crippen LogP) is 10.8. The highest BCUT2D eigenvalue weighted by molar-refractivity contribution is 5.76. The second-order valence-electron chi connectivity index (χ2n) is 23.0. The van der Waals surface area contributed by atoms with Crippen molar-refractivity contribution in [3.05, 3.63) is 0 Å². The molecule has 0 aliphatic heterocycles. The first kappa shape index (κ1) is 34.7. The molecule has 0 heterocycles. The van der Waals surface area contributed by atoms with Gasteiger partial charge in [-0.1, -0.05) is 13.8 Å². The standard InChI is InChI=1S/2C23H36O2/c1-6-21(2,3)20(24)25-22(4,5)23-10-17-14-7-13-8-15(17)19(12-23)16(9-13)18(14)11-23;1-6-22(2,3)21(24)25-23(4,5)20-13-10-15-14-7-12-8-17(15)19(20)18(9-12)16(14)11-13/h13-19H,6-12H2,1-5H3;12-20H,6-11H2,1-5H3. The molecule has 0 aromatic rings. The van der Waals surface area contributed by atoms with Crippen molar-refractivity contribution in [3.8, 4) is 0 Å². The van der Waals surface area contributed by atoms with Crippen LogP contribution >= 0.6 is 0 Å². The number of hydrogen-bond acceptors (Lipinski definition) is 4. The molecule has 14 fully saturated rings. The fourth-order valence-corrected chi connectivity index (χ4v) is 16.8. The van der Waals surface area contributed by atoms with Gasteiger partial charge in [-0.05, 0) is 228 Å². The zero-order valence-electron chi connectivity index (χ0n) is 33.6. The Kier molecular flexibility index (Phi) is 7.64. The van der Waals surface area contributed by atoms with Crippen LogP contribution in [0.15, 0.2) is 0 Å². The van der Waals surface area contributed by atoms with E-state index in [0.717, 1.165) is 102 Å². The van der Waals surface area contributed by atoms with Crippen molar-refractivity contribution in [1.82, 2.24) is 0 Å². The Hall–Kier alpha value is -1.06. The largest absolute Gasteiger partial charge is 0.459 e. The number of ether oxygens (including phenoxy) is 2. The minimum atomic E-state index is -0.364. The molecule has 4 nitrogen and oxygen atoms in total. The van der Waals surface area contributed by atoms with Gasteiger partial charge in [-0.3, -0.25) is 9.59 Å². The zero-order chi connectivity index (χ0) is 35.5. The molecular formula is C46H72O4. The second-order valence-corrected chi connectivity index (χ2v) is 23.0. The first-order valence-electron chi connectivity index (χ1n) is 21.9. The Morgan fingerprint density at radius 2 is 0.880 bits per heavy atom. The lowest BCUT2D eigenvalue weighted by Gasteiger charge is -2.74. The Labute approximate surface area is 305 Å². The summed E-state index contributed by atoms with van der Waals surface area (Å²) in [6.07, 6.45) is 17.7. The van der Waals surface area contributed by atoms with Gasteiger partial charge >= 0.3 is 11.9 Å². The Bertz CT molecular complexity index is 1320. The summed E-state index contributed by atoms with van der Waals surface area (Å²) in [7, 11) is 0. The molecule has 0 aromatic heterocycles. The van der Waals surface area contributed by atoms with E-state index in [1.165, 1.54) is 64.2 Å². The van der Waals surface area contributed by atoms with Crippen LogP contribution in [-0.4, -0.2) is 23.1 Å². The van der Waals surface area contributed by atoms with Crippen LogP contribution < -0.4 is 0 Å². The van der Waals surface area contributed by atoms with Gasteiger partial charge in [0.05, 0.1) is 10.8 Å². The molecule has 0 saturated heterocycles. The minimum Gasteiger partial charge on any atom is -0.459 e. The topological polar surface area (TPSA) is 52.6 Å². The molecule has 280 valence electrons. The van der Waals surface area contributed by atoms with E-state index in [2.05, 4.69) is 41.5 Å². The molecular weight excluding hydrogens is 617 g/mol. The number of hydrogen-bond donors (Lipinski definition) is 0. The van der Waals surface area contributed by atoms with E-state index in [4.69, 9.17) is 9.47 Å². The highest BCUT2D eigenvalue weighted by Crippen LogP contribution is 2.77. The zero-order valence-corrected chi connectivity index (χ0v) is 33.6. The van der Waals surface area contributed by atoms with E-state index in [1.807, 2.05) is 27.7 Å². The summed E-state index contributed by atoms with van der Waals surface area (Å²) in [6, 6.07) is 0. The summed E-state index contributed by atoms with van der Waals surface area (Å²) in [4.78, 5) is 25.7. The molecule has 14 rings (SSSR count). The first-order valence-corrected chi connectivity index (χ1v) is 21.9. The van der Waals surface area contributed by atoms with Gasteiger partial charge in [0.1, 0.15) is 11.2 Å². The van der Waals surface area contributed by atoms with Crippen molar-refractivity contribution >= 4 is 11.9 Å². The minimum absolute atomic E-state index is 0.0136. The lowest BCUT2D eigenvalue weighted by atomic mass is 9.31. The maximum absolute atomic E-state index is 12.9. The molecule has 0 aromatic carbocycles. The Morgan fingerprint density at radius 1 is 0.520 bits per heavy atom. The molecule has 50 heavy (non-hydrogen) atoms. The predicted molar refractivity (Wildman–Crippen MR) is 198 cm³/mol.